The molecule has 0 bridgehead atoms. The Labute approximate surface area is 202 Å². The largest absolute Gasteiger partial charge is 0.454 e. The highest BCUT2D eigenvalue weighted by molar-refractivity contribution is 9.10. The molecular weight excluding hydrogens is 528 g/mol. The van der Waals surface area contributed by atoms with Crippen LogP contribution in [-0.2, 0) is 14.3 Å². The minimum atomic E-state index is -2.09. The predicted molar refractivity (Wildman–Crippen MR) is 120 cm³/mol. The zero-order valence-corrected chi connectivity index (χ0v) is 20.1. The zero-order chi connectivity index (χ0) is 24.5. The molecule has 3 rings (SSSR count). The van der Waals surface area contributed by atoms with Crippen LogP contribution in [0.3, 0.4) is 0 Å². The molecule has 1 aromatic heterocycles. The Kier molecular flexibility index (Phi) is 8.25. The number of hydrogen-bond acceptors (Lipinski definition) is 9. The number of carbonyl (C=O) groups excluding carboxylic acids is 1. The van der Waals surface area contributed by atoms with E-state index in [0.29, 0.717) is 20.4 Å². The highest BCUT2D eigenvalue weighted by Crippen LogP contribution is 2.42. The number of aromatic amines is 1. The lowest BCUT2D eigenvalue weighted by atomic mass is 9.88. The number of amides is 1. The average Bonchev–Trinajstić information content (AvgIpc) is 3.19. The first-order valence-corrected chi connectivity index (χ1v) is 11.2. The van der Waals surface area contributed by atoms with Crippen molar-refractivity contribution < 1.29 is 44.5 Å². The molecule has 33 heavy (non-hydrogen) atoms. The molecule has 1 saturated heterocycles. The van der Waals surface area contributed by atoms with Gasteiger partial charge in [-0.3, -0.25) is 4.79 Å². The molecule has 0 spiro atoms. The Hall–Kier alpha value is -1.48. The van der Waals surface area contributed by atoms with E-state index in [1.165, 1.54) is 20.2 Å². The summed E-state index contributed by atoms with van der Waals surface area (Å²) >= 11 is 9.76. The summed E-state index contributed by atoms with van der Waals surface area (Å²) in [5.74, 6) is -2.48. The van der Waals surface area contributed by atoms with Gasteiger partial charge in [0, 0.05) is 31.1 Å². The number of ether oxygens (including phenoxy) is 3. The summed E-state index contributed by atoms with van der Waals surface area (Å²) < 4.78 is 17.6. The van der Waals surface area contributed by atoms with Gasteiger partial charge in [-0.1, -0.05) is 11.6 Å². The van der Waals surface area contributed by atoms with Crippen molar-refractivity contribution in [1.82, 2.24) is 10.3 Å². The lowest BCUT2D eigenvalue weighted by Crippen LogP contribution is -2.69. The van der Waals surface area contributed by atoms with Crippen molar-refractivity contribution in [2.24, 2.45) is 0 Å². The van der Waals surface area contributed by atoms with Crippen LogP contribution in [0, 0.1) is 0 Å². The standard InChI is InChI=1S/C20H26BrClN2O9/c1-8(26)24-16-11(27)5-20(19(30)31-2,33-18(16)17(29)12(28)7-25)32-13-6-23-10-4-3-9(21)15(22)14(10)13/h3-4,6,11-12,16-19,23,25,27-30H,5,7H2,1-2H3,(H,24,26). The smallest absolute Gasteiger partial charge is 0.264 e. The normalized spacial score (nSPS) is 28.3. The van der Waals surface area contributed by atoms with Gasteiger partial charge in [0.1, 0.15) is 24.1 Å². The van der Waals surface area contributed by atoms with Crippen LogP contribution in [0.2, 0.25) is 5.02 Å². The monoisotopic (exact) mass is 552 g/mol. The van der Waals surface area contributed by atoms with E-state index in [1.807, 2.05) is 0 Å². The van der Waals surface area contributed by atoms with Gasteiger partial charge in [0.05, 0.1) is 34.7 Å². The van der Waals surface area contributed by atoms with E-state index < -0.39 is 61.5 Å². The number of fused-ring (bicyclic) bond motifs is 1. The fourth-order valence-corrected chi connectivity index (χ4v) is 4.45. The van der Waals surface area contributed by atoms with Gasteiger partial charge in [0.2, 0.25) is 12.2 Å². The third-order valence-corrected chi connectivity index (χ3v) is 6.75. The van der Waals surface area contributed by atoms with Gasteiger partial charge >= 0.3 is 0 Å². The van der Waals surface area contributed by atoms with Crippen LogP contribution in [0.1, 0.15) is 13.3 Å². The van der Waals surface area contributed by atoms with Crippen molar-refractivity contribution in [2.75, 3.05) is 13.7 Å². The molecule has 7 N–H and O–H groups in total. The lowest BCUT2D eigenvalue weighted by Gasteiger charge is -2.49. The van der Waals surface area contributed by atoms with E-state index in [-0.39, 0.29) is 5.75 Å². The molecule has 0 radical (unpaired) electrons. The first-order valence-electron chi connectivity index (χ1n) is 9.99. The molecule has 1 aliphatic rings. The molecule has 0 saturated carbocycles. The molecule has 1 aromatic carbocycles. The number of H-pyrrole nitrogens is 1. The molecule has 184 valence electrons. The van der Waals surface area contributed by atoms with Crippen LogP contribution in [-0.4, -0.2) is 92.7 Å². The number of rotatable bonds is 8. The van der Waals surface area contributed by atoms with Crippen LogP contribution in [0.4, 0.5) is 0 Å². The van der Waals surface area contributed by atoms with Gasteiger partial charge in [-0.2, -0.15) is 0 Å². The number of carbonyl (C=O) groups is 1. The van der Waals surface area contributed by atoms with Crippen LogP contribution in [0.25, 0.3) is 10.9 Å². The summed E-state index contributed by atoms with van der Waals surface area (Å²) in [6.07, 6.45) is -7.06. The van der Waals surface area contributed by atoms with Crippen LogP contribution < -0.4 is 10.1 Å². The topological polar surface area (TPSA) is 174 Å². The highest BCUT2D eigenvalue weighted by atomic mass is 79.9. The van der Waals surface area contributed by atoms with Crippen molar-refractivity contribution in [3.63, 3.8) is 0 Å². The minimum absolute atomic E-state index is 0.147. The third-order valence-electron chi connectivity index (χ3n) is 5.47. The van der Waals surface area contributed by atoms with Crippen molar-refractivity contribution in [2.45, 2.75) is 55.9 Å². The summed E-state index contributed by atoms with van der Waals surface area (Å²) in [7, 11) is 1.18. The van der Waals surface area contributed by atoms with Crippen molar-refractivity contribution in [3.05, 3.63) is 27.8 Å². The zero-order valence-electron chi connectivity index (χ0n) is 17.7. The van der Waals surface area contributed by atoms with Gasteiger partial charge in [-0.25, -0.2) is 0 Å². The molecule has 11 nitrogen and oxygen atoms in total. The first-order chi connectivity index (χ1) is 15.5. The molecule has 0 aliphatic carbocycles. The van der Waals surface area contributed by atoms with Gasteiger partial charge in [-0.15, -0.1) is 0 Å². The van der Waals surface area contributed by atoms with Gasteiger partial charge < -0.3 is 50.0 Å². The Morgan fingerprint density at radius 2 is 2.12 bits per heavy atom. The fourth-order valence-electron chi connectivity index (χ4n) is 3.86. The summed E-state index contributed by atoms with van der Waals surface area (Å²) in [5, 5.41) is 54.7. The van der Waals surface area contributed by atoms with E-state index in [2.05, 4.69) is 26.2 Å². The minimum Gasteiger partial charge on any atom is -0.454 e. The van der Waals surface area contributed by atoms with Gasteiger partial charge in [-0.05, 0) is 28.1 Å². The molecule has 13 heteroatoms. The number of hydrogen-bond donors (Lipinski definition) is 7. The van der Waals surface area contributed by atoms with E-state index in [9.17, 15) is 30.3 Å². The number of halogens is 2. The van der Waals surface area contributed by atoms with E-state index in [0.717, 1.165) is 0 Å². The second-order valence-electron chi connectivity index (χ2n) is 7.76. The van der Waals surface area contributed by atoms with Crippen LogP contribution in [0.5, 0.6) is 5.75 Å². The van der Waals surface area contributed by atoms with E-state index in [1.54, 1.807) is 12.1 Å². The Morgan fingerprint density at radius 1 is 1.42 bits per heavy atom. The molecule has 1 aliphatic heterocycles. The number of nitrogens with one attached hydrogen (secondary N) is 2. The summed E-state index contributed by atoms with van der Waals surface area (Å²) in [6.45, 7) is 0.378. The third kappa shape index (κ3) is 5.14. The van der Waals surface area contributed by atoms with E-state index >= 15 is 0 Å². The molecule has 1 fully saturated rings. The van der Waals surface area contributed by atoms with Crippen molar-refractivity contribution in [1.29, 1.82) is 0 Å². The first kappa shape index (κ1) is 26.1. The second kappa shape index (κ2) is 10.4. The molecule has 7 unspecified atom stereocenters. The summed E-state index contributed by atoms with van der Waals surface area (Å²) in [6, 6.07) is 2.28. The average molecular weight is 554 g/mol. The number of benzene rings is 1. The molecule has 2 aromatic rings. The van der Waals surface area contributed by atoms with Crippen molar-refractivity contribution >= 4 is 44.3 Å². The molecule has 1 amide bonds. The highest BCUT2D eigenvalue weighted by Gasteiger charge is 2.56. The Morgan fingerprint density at radius 3 is 2.73 bits per heavy atom. The number of methoxy groups -OCH3 is 1. The lowest BCUT2D eigenvalue weighted by molar-refractivity contribution is -0.359. The maximum atomic E-state index is 11.7. The number of aromatic nitrogens is 1. The van der Waals surface area contributed by atoms with Crippen LogP contribution >= 0.6 is 27.5 Å². The quantitative estimate of drug-likeness (QED) is 0.222. The Bertz CT molecular complexity index is 992. The summed E-state index contributed by atoms with van der Waals surface area (Å²) in [4.78, 5) is 14.7. The van der Waals surface area contributed by atoms with Gasteiger partial charge in [0.15, 0.2) is 0 Å². The second-order valence-corrected chi connectivity index (χ2v) is 8.99. The summed E-state index contributed by atoms with van der Waals surface area (Å²) in [5.41, 5.74) is 0.611. The Balaban J connectivity index is 2.07. The SMILES string of the molecule is COC(O)C1(Oc2c[nH]c3ccc(Br)c(Cl)c23)CC(O)C(NC(C)=O)C(C(O)C(O)CO)O1. The maximum absolute atomic E-state index is 11.7. The number of aliphatic hydroxyl groups is 5. The molecule has 2 heterocycles. The maximum Gasteiger partial charge on any atom is 0.264 e. The molecular formula is C20H26BrClN2O9. The number of aliphatic hydroxyl groups excluding tert-OH is 5. The predicted octanol–water partition coefficient (Wildman–Crippen LogP) is -0.00770. The van der Waals surface area contributed by atoms with Crippen LogP contribution in [0.15, 0.2) is 22.8 Å². The van der Waals surface area contributed by atoms with E-state index in [4.69, 9.17) is 25.8 Å². The molecule has 7 atom stereocenters. The van der Waals surface area contributed by atoms with Crippen molar-refractivity contribution in [3.8, 4) is 5.75 Å². The fraction of sp³-hybridized carbons (Fsp3) is 0.550. The van der Waals surface area contributed by atoms with Gasteiger partial charge in [0.25, 0.3) is 5.79 Å².